The number of amides is 1. The average molecular weight is 316 g/mol. The molecule has 0 saturated carbocycles. The molecule has 0 N–H and O–H groups in total. The van der Waals surface area contributed by atoms with Crippen LogP contribution in [0.3, 0.4) is 0 Å². The third-order valence-electron chi connectivity index (χ3n) is 3.10. The van der Waals surface area contributed by atoms with E-state index in [2.05, 4.69) is 4.98 Å². The number of thioether (sulfide) groups is 1. The highest BCUT2D eigenvalue weighted by Gasteiger charge is 2.60. The van der Waals surface area contributed by atoms with E-state index >= 15 is 0 Å². The zero-order chi connectivity index (χ0) is 14.4. The van der Waals surface area contributed by atoms with E-state index in [0.29, 0.717) is 21.6 Å². The highest BCUT2D eigenvalue weighted by molar-refractivity contribution is 8.25. The largest absolute Gasteiger partial charge is 0.430 e. The van der Waals surface area contributed by atoms with E-state index in [1.165, 1.54) is 4.90 Å². The second-order valence-corrected chi connectivity index (χ2v) is 6.18. The minimum Gasteiger partial charge on any atom is -0.430 e. The van der Waals surface area contributed by atoms with E-state index in [1.54, 1.807) is 18.3 Å². The van der Waals surface area contributed by atoms with Crippen molar-refractivity contribution in [2.45, 2.75) is 5.12 Å². The number of fused-ring (bicyclic) bond motifs is 1. The van der Waals surface area contributed by atoms with Gasteiger partial charge < -0.3 is 9.47 Å². The number of hydrogen-bond acceptors (Lipinski definition) is 6. The summed E-state index contributed by atoms with van der Waals surface area (Å²) in [7, 11) is 0. The van der Waals surface area contributed by atoms with Crippen LogP contribution in [0.5, 0.6) is 11.6 Å². The molecule has 4 rings (SSSR count). The zero-order valence-electron chi connectivity index (χ0n) is 10.6. The van der Waals surface area contributed by atoms with Crippen LogP contribution in [0.25, 0.3) is 0 Å². The lowest BCUT2D eigenvalue weighted by molar-refractivity contribution is -0.136. The summed E-state index contributed by atoms with van der Waals surface area (Å²) in [6.07, 6.45) is 1.58. The van der Waals surface area contributed by atoms with Crippen LogP contribution in [0.15, 0.2) is 48.7 Å². The molecule has 1 spiro atoms. The zero-order valence-corrected chi connectivity index (χ0v) is 12.2. The second kappa shape index (κ2) is 4.44. The van der Waals surface area contributed by atoms with Gasteiger partial charge in [-0.15, -0.1) is 0 Å². The molecule has 0 radical (unpaired) electrons. The molecule has 1 saturated heterocycles. The quantitative estimate of drug-likeness (QED) is 0.754. The number of carbonyl (C=O) groups excluding carboxylic acids is 1. The van der Waals surface area contributed by atoms with Crippen molar-refractivity contribution in [3.05, 3.63) is 48.7 Å². The lowest BCUT2D eigenvalue weighted by Gasteiger charge is -2.19. The Kier molecular flexibility index (Phi) is 2.66. The molecule has 2 aromatic rings. The van der Waals surface area contributed by atoms with E-state index in [4.69, 9.17) is 21.7 Å². The Hall–Kier alpha value is -2.12. The number of benzene rings is 1. The lowest BCUT2D eigenvalue weighted by atomic mass is 10.3. The third kappa shape index (κ3) is 1.81. The number of nitrogens with zero attached hydrogens (tertiary/aromatic N) is 2. The fraction of sp³-hybridized carbons (Fsp3) is 0.0714. The minimum atomic E-state index is -1.50. The molecule has 3 heterocycles. The number of thiocarbonyl (C=S) groups is 1. The summed E-state index contributed by atoms with van der Waals surface area (Å²) in [6, 6.07) is 12.6. The van der Waals surface area contributed by atoms with E-state index in [0.717, 1.165) is 11.8 Å². The summed E-state index contributed by atoms with van der Waals surface area (Å²) < 4.78 is 11.7. The first-order valence-electron chi connectivity index (χ1n) is 6.15. The number of rotatable bonds is 1. The fourth-order valence-electron chi connectivity index (χ4n) is 2.18. The van der Waals surface area contributed by atoms with Gasteiger partial charge in [0.2, 0.25) is 0 Å². The number of para-hydroxylation sites is 1. The first-order chi connectivity index (χ1) is 10.2. The predicted molar refractivity (Wildman–Crippen MR) is 82.3 cm³/mol. The maximum absolute atomic E-state index is 12.7. The molecule has 5 nitrogen and oxygen atoms in total. The standard InChI is InChI=1S/C14H8N2O3S2/c17-12-14(18-10-7-4-8-15-11(10)19-14)21-13(20)16(12)9-5-2-1-3-6-9/h1-8H. The molecular weight excluding hydrogens is 308 g/mol. The SMILES string of the molecule is O=C1N(c2ccccc2)C(=S)SC12Oc1cccnc1O2. The van der Waals surface area contributed by atoms with Gasteiger partial charge in [0.25, 0.3) is 5.88 Å². The van der Waals surface area contributed by atoms with Gasteiger partial charge in [-0.05, 0) is 24.3 Å². The summed E-state index contributed by atoms with van der Waals surface area (Å²) in [4.78, 5) is 18.2. The van der Waals surface area contributed by atoms with Gasteiger partial charge in [-0.3, -0.25) is 9.69 Å². The van der Waals surface area contributed by atoms with Gasteiger partial charge in [0.05, 0.1) is 5.69 Å². The molecule has 7 heteroatoms. The molecule has 2 aliphatic rings. The van der Waals surface area contributed by atoms with Gasteiger partial charge in [0, 0.05) is 18.0 Å². The fourth-order valence-corrected chi connectivity index (χ4v) is 3.63. The van der Waals surface area contributed by atoms with Gasteiger partial charge in [-0.1, -0.05) is 30.4 Å². The summed E-state index contributed by atoms with van der Waals surface area (Å²) >= 11 is 6.37. The molecule has 1 atom stereocenters. The van der Waals surface area contributed by atoms with Gasteiger partial charge in [0.15, 0.2) is 10.1 Å². The highest BCUT2D eigenvalue weighted by Crippen LogP contribution is 2.48. The Balaban J connectivity index is 1.72. The highest BCUT2D eigenvalue weighted by atomic mass is 32.2. The summed E-state index contributed by atoms with van der Waals surface area (Å²) in [5.74, 6) is 0.383. The van der Waals surface area contributed by atoms with Crippen LogP contribution in [-0.4, -0.2) is 20.3 Å². The first-order valence-corrected chi connectivity index (χ1v) is 7.38. The van der Waals surface area contributed by atoms with E-state index in [9.17, 15) is 4.79 Å². The monoisotopic (exact) mass is 316 g/mol. The smallest absolute Gasteiger partial charge is 0.393 e. The van der Waals surface area contributed by atoms with Crippen LogP contribution < -0.4 is 14.4 Å². The van der Waals surface area contributed by atoms with Crippen molar-refractivity contribution in [3.8, 4) is 11.6 Å². The van der Waals surface area contributed by atoms with Crippen LogP contribution in [0.4, 0.5) is 5.69 Å². The van der Waals surface area contributed by atoms with E-state index in [1.807, 2.05) is 30.3 Å². The van der Waals surface area contributed by atoms with Crippen molar-refractivity contribution in [2.24, 2.45) is 0 Å². The number of aromatic nitrogens is 1. The third-order valence-corrected chi connectivity index (χ3v) is 4.50. The maximum atomic E-state index is 12.7. The predicted octanol–water partition coefficient (Wildman–Crippen LogP) is 2.57. The maximum Gasteiger partial charge on any atom is 0.393 e. The molecule has 1 aromatic heterocycles. The van der Waals surface area contributed by atoms with Crippen molar-refractivity contribution in [1.82, 2.24) is 4.98 Å². The Bertz CT molecular complexity index is 726. The minimum absolute atomic E-state index is 0.302. The van der Waals surface area contributed by atoms with Crippen molar-refractivity contribution < 1.29 is 14.3 Å². The van der Waals surface area contributed by atoms with Crippen LogP contribution in [0, 0.1) is 0 Å². The molecule has 21 heavy (non-hydrogen) atoms. The molecule has 1 unspecified atom stereocenters. The first kappa shape index (κ1) is 12.6. The second-order valence-electron chi connectivity index (χ2n) is 4.41. The average Bonchev–Trinajstić information content (AvgIpc) is 2.97. The molecule has 1 amide bonds. The number of pyridine rings is 1. The Labute approximate surface area is 129 Å². The van der Waals surface area contributed by atoms with Crippen molar-refractivity contribution in [3.63, 3.8) is 0 Å². The number of carbonyl (C=O) groups is 1. The van der Waals surface area contributed by atoms with Crippen LogP contribution in [-0.2, 0) is 4.79 Å². The van der Waals surface area contributed by atoms with Crippen molar-refractivity contribution in [1.29, 1.82) is 0 Å². The normalized spacial score (nSPS) is 23.1. The van der Waals surface area contributed by atoms with Gasteiger partial charge >= 0.3 is 11.0 Å². The van der Waals surface area contributed by atoms with E-state index < -0.39 is 5.12 Å². The van der Waals surface area contributed by atoms with Crippen LogP contribution in [0.2, 0.25) is 0 Å². The molecule has 0 aliphatic carbocycles. The van der Waals surface area contributed by atoms with Crippen LogP contribution in [0.1, 0.15) is 0 Å². The van der Waals surface area contributed by atoms with Crippen molar-refractivity contribution >= 4 is 39.9 Å². The Morgan fingerprint density at radius 2 is 1.95 bits per heavy atom. The van der Waals surface area contributed by atoms with Crippen molar-refractivity contribution in [2.75, 3.05) is 4.90 Å². The van der Waals surface area contributed by atoms with Gasteiger partial charge in [0.1, 0.15) is 0 Å². The molecule has 1 aromatic carbocycles. The molecule has 0 bridgehead atoms. The Morgan fingerprint density at radius 3 is 2.71 bits per heavy atom. The van der Waals surface area contributed by atoms with E-state index in [-0.39, 0.29) is 5.91 Å². The topological polar surface area (TPSA) is 51.7 Å². The summed E-state index contributed by atoms with van der Waals surface area (Å²) in [5, 5.41) is -1.50. The Morgan fingerprint density at radius 1 is 1.14 bits per heavy atom. The number of ether oxygens (including phenoxy) is 2. The summed E-state index contributed by atoms with van der Waals surface area (Å²) in [5.41, 5.74) is 0.688. The van der Waals surface area contributed by atoms with Gasteiger partial charge in [-0.25, -0.2) is 4.98 Å². The van der Waals surface area contributed by atoms with Crippen LogP contribution >= 0.6 is 24.0 Å². The molecule has 104 valence electrons. The summed E-state index contributed by atoms with van der Waals surface area (Å²) in [6.45, 7) is 0. The molecule has 1 fully saturated rings. The lowest BCUT2D eigenvalue weighted by Crippen LogP contribution is -2.45. The number of hydrogen-bond donors (Lipinski definition) is 0. The molecule has 2 aliphatic heterocycles. The van der Waals surface area contributed by atoms with Gasteiger partial charge in [-0.2, -0.15) is 0 Å². The molecular formula is C14H8N2O3S2. The number of anilines is 1.